The van der Waals surface area contributed by atoms with Crippen LogP contribution in [-0.2, 0) is 23.1 Å². The van der Waals surface area contributed by atoms with Crippen molar-refractivity contribution in [1.29, 1.82) is 0 Å². The molecule has 3 heterocycles. The second-order valence-electron chi connectivity index (χ2n) is 7.00. The van der Waals surface area contributed by atoms with Crippen LogP contribution in [0.3, 0.4) is 0 Å². The van der Waals surface area contributed by atoms with E-state index in [1.54, 1.807) is 18.5 Å². The van der Waals surface area contributed by atoms with Gasteiger partial charge in [0.25, 0.3) is 0 Å². The van der Waals surface area contributed by atoms with Gasteiger partial charge >= 0.3 is 6.18 Å². The molecule has 8 heteroatoms. The fraction of sp³-hybridized carbons (Fsp3) is 0.300. The third-order valence-electron chi connectivity index (χ3n) is 5.16. The van der Waals surface area contributed by atoms with Crippen molar-refractivity contribution in [2.45, 2.75) is 24.7 Å². The molecule has 4 nitrogen and oxygen atoms in total. The smallest absolute Gasteiger partial charge is 0.346 e. The van der Waals surface area contributed by atoms with Crippen molar-refractivity contribution in [2.24, 2.45) is 0 Å². The molecule has 0 aliphatic carbocycles. The van der Waals surface area contributed by atoms with Crippen LogP contribution in [0.1, 0.15) is 23.1 Å². The first-order valence-electron chi connectivity index (χ1n) is 8.82. The van der Waals surface area contributed by atoms with Gasteiger partial charge < -0.3 is 9.88 Å². The van der Waals surface area contributed by atoms with Crippen LogP contribution in [0.25, 0.3) is 11.0 Å². The number of nitrogens with zero attached hydrogens (tertiary/aromatic N) is 2. The van der Waals surface area contributed by atoms with Crippen molar-refractivity contribution in [2.75, 3.05) is 13.1 Å². The number of hydrogen-bond donors (Lipinski definition) is 1. The third-order valence-corrected chi connectivity index (χ3v) is 5.16. The van der Waals surface area contributed by atoms with Gasteiger partial charge in [-0.25, -0.2) is 9.37 Å². The van der Waals surface area contributed by atoms with Crippen LogP contribution in [-0.4, -0.2) is 33.9 Å². The molecule has 1 aromatic carbocycles. The van der Waals surface area contributed by atoms with Crippen LogP contribution in [0.5, 0.6) is 0 Å². The summed E-state index contributed by atoms with van der Waals surface area (Å²) in [6, 6.07) is 7.89. The van der Waals surface area contributed by atoms with E-state index in [0.29, 0.717) is 5.65 Å². The molecule has 1 N–H and O–H groups in total. The highest BCUT2D eigenvalue weighted by Crippen LogP contribution is 2.39. The van der Waals surface area contributed by atoms with E-state index in [1.807, 2.05) is 6.07 Å². The molecule has 0 radical (unpaired) electrons. The molecule has 1 amide bonds. The van der Waals surface area contributed by atoms with E-state index in [2.05, 4.69) is 9.97 Å². The van der Waals surface area contributed by atoms with Crippen molar-refractivity contribution in [3.63, 3.8) is 0 Å². The van der Waals surface area contributed by atoms with Gasteiger partial charge in [-0.2, -0.15) is 13.2 Å². The summed E-state index contributed by atoms with van der Waals surface area (Å²) in [6.45, 7) is -0.0973. The molecule has 0 saturated carbocycles. The van der Waals surface area contributed by atoms with Crippen LogP contribution in [0.4, 0.5) is 17.6 Å². The molecule has 1 aliphatic rings. The van der Waals surface area contributed by atoms with Crippen LogP contribution in [0.15, 0.2) is 48.8 Å². The second-order valence-corrected chi connectivity index (χ2v) is 7.00. The van der Waals surface area contributed by atoms with E-state index in [1.165, 1.54) is 17.0 Å². The Morgan fingerprint density at radius 2 is 2.07 bits per heavy atom. The molecule has 1 aliphatic heterocycles. The van der Waals surface area contributed by atoms with Crippen LogP contribution in [0, 0.1) is 0 Å². The zero-order valence-corrected chi connectivity index (χ0v) is 14.8. The van der Waals surface area contributed by atoms with Crippen molar-refractivity contribution in [3.8, 4) is 0 Å². The Morgan fingerprint density at radius 1 is 1.25 bits per heavy atom. The predicted molar refractivity (Wildman–Crippen MR) is 95.2 cm³/mol. The Bertz CT molecular complexity index is 1030. The molecule has 2 aromatic heterocycles. The number of hydrogen-bond acceptors (Lipinski definition) is 2. The maximum Gasteiger partial charge on any atom is 0.416 e. The van der Waals surface area contributed by atoms with Crippen molar-refractivity contribution in [3.05, 3.63) is 65.5 Å². The Balaban J connectivity index is 1.51. The number of fused-ring (bicyclic) bond motifs is 1. The van der Waals surface area contributed by atoms with Gasteiger partial charge in [0.05, 0.1) is 18.5 Å². The van der Waals surface area contributed by atoms with E-state index in [9.17, 15) is 18.0 Å². The number of rotatable bonds is 3. The lowest BCUT2D eigenvalue weighted by atomic mass is 9.93. The Labute approximate surface area is 158 Å². The van der Waals surface area contributed by atoms with Gasteiger partial charge in [0, 0.05) is 30.7 Å². The summed E-state index contributed by atoms with van der Waals surface area (Å²) >= 11 is 0. The van der Waals surface area contributed by atoms with E-state index < -0.39 is 17.4 Å². The first kappa shape index (κ1) is 18.5. The largest absolute Gasteiger partial charge is 0.416 e. The number of aromatic nitrogens is 2. The minimum Gasteiger partial charge on any atom is -0.346 e. The fourth-order valence-electron chi connectivity index (χ4n) is 3.63. The van der Waals surface area contributed by atoms with Crippen LogP contribution < -0.4 is 0 Å². The highest BCUT2D eigenvalue weighted by molar-refractivity contribution is 5.87. The number of pyridine rings is 1. The second kappa shape index (κ2) is 6.61. The maximum atomic E-state index is 15.4. The summed E-state index contributed by atoms with van der Waals surface area (Å²) < 4.78 is 54.2. The standard InChI is InChI=1S/C20H17F4N3O/c21-19(14-3-1-4-15(10-14)20(22,23)24)6-8-27(12-19)17(28)9-13-11-26-18-16(13)5-2-7-25-18/h1-5,7,10-11H,6,8-9,12H2,(H,25,26). The zero-order chi connectivity index (χ0) is 19.9. The Morgan fingerprint density at radius 3 is 2.86 bits per heavy atom. The molecular formula is C20H17F4N3O. The highest BCUT2D eigenvalue weighted by Gasteiger charge is 2.43. The lowest BCUT2D eigenvalue weighted by Gasteiger charge is -2.22. The topological polar surface area (TPSA) is 49.0 Å². The number of benzene rings is 1. The van der Waals surface area contributed by atoms with Gasteiger partial charge in [-0.05, 0) is 35.4 Å². The van der Waals surface area contributed by atoms with Gasteiger partial charge in [0.1, 0.15) is 5.65 Å². The van der Waals surface area contributed by atoms with Crippen molar-refractivity contribution in [1.82, 2.24) is 14.9 Å². The lowest BCUT2D eigenvalue weighted by molar-refractivity contribution is -0.137. The van der Waals surface area contributed by atoms with E-state index in [4.69, 9.17) is 0 Å². The molecule has 4 rings (SSSR count). The number of likely N-dealkylation sites (tertiary alicyclic amines) is 1. The molecule has 1 atom stereocenters. The number of halogens is 4. The predicted octanol–water partition coefficient (Wildman–Crippen LogP) is 4.22. The van der Waals surface area contributed by atoms with Crippen LogP contribution >= 0.6 is 0 Å². The summed E-state index contributed by atoms with van der Waals surface area (Å²) in [5, 5.41) is 0.819. The molecule has 1 fully saturated rings. The van der Waals surface area contributed by atoms with Gasteiger partial charge in [-0.1, -0.05) is 12.1 Å². The van der Waals surface area contributed by atoms with Gasteiger partial charge in [-0.15, -0.1) is 0 Å². The number of H-pyrrole nitrogens is 1. The van der Waals surface area contributed by atoms with Crippen molar-refractivity contribution >= 4 is 16.9 Å². The third kappa shape index (κ3) is 3.34. The lowest BCUT2D eigenvalue weighted by Crippen LogP contribution is -2.33. The molecule has 1 unspecified atom stereocenters. The van der Waals surface area contributed by atoms with Gasteiger partial charge in [0.2, 0.25) is 5.91 Å². The number of aromatic amines is 1. The zero-order valence-electron chi connectivity index (χ0n) is 14.8. The minimum atomic E-state index is -4.54. The summed E-state index contributed by atoms with van der Waals surface area (Å²) in [5.74, 6) is -0.267. The molecule has 3 aromatic rings. The normalized spacial score (nSPS) is 20.1. The van der Waals surface area contributed by atoms with E-state index in [-0.39, 0.29) is 37.4 Å². The number of carbonyl (C=O) groups is 1. The summed E-state index contributed by atoms with van der Waals surface area (Å²) in [7, 11) is 0. The molecule has 0 spiro atoms. The first-order chi connectivity index (χ1) is 13.3. The number of amides is 1. The quantitative estimate of drug-likeness (QED) is 0.680. The SMILES string of the molecule is O=C(Cc1c[nH]c2ncccc12)N1CCC(F)(c2cccc(C(F)(F)F)c2)C1. The minimum absolute atomic E-state index is 0.0323. The number of nitrogens with one attached hydrogen (secondary N) is 1. The van der Waals surface area contributed by atoms with Crippen LogP contribution in [0.2, 0.25) is 0 Å². The Hall–Kier alpha value is -2.90. The molecular weight excluding hydrogens is 374 g/mol. The maximum absolute atomic E-state index is 15.4. The molecule has 0 bridgehead atoms. The summed E-state index contributed by atoms with van der Waals surface area (Å²) in [5.41, 5.74) is -1.51. The summed E-state index contributed by atoms with van der Waals surface area (Å²) in [6.07, 6.45) is -1.16. The van der Waals surface area contributed by atoms with E-state index >= 15 is 4.39 Å². The fourth-order valence-corrected chi connectivity index (χ4v) is 3.63. The van der Waals surface area contributed by atoms with Gasteiger partial charge in [0.15, 0.2) is 5.67 Å². The molecule has 28 heavy (non-hydrogen) atoms. The average Bonchev–Trinajstić information content (AvgIpc) is 3.26. The van der Waals surface area contributed by atoms with Crippen molar-refractivity contribution < 1.29 is 22.4 Å². The monoisotopic (exact) mass is 391 g/mol. The Kier molecular flexibility index (Phi) is 4.36. The first-order valence-corrected chi connectivity index (χ1v) is 8.82. The van der Waals surface area contributed by atoms with Gasteiger partial charge in [-0.3, -0.25) is 4.79 Å². The number of alkyl halides is 4. The average molecular weight is 391 g/mol. The van der Waals surface area contributed by atoms with E-state index in [0.717, 1.165) is 23.1 Å². The molecule has 146 valence electrons. The molecule has 1 saturated heterocycles. The highest BCUT2D eigenvalue weighted by atomic mass is 19.4. The summed E-state index contributed by atoms with van der Waals surface area (Å²) in [4.78, 5) is 21.2. The number of carbonyl (C=O) groups excluding carboxylic acids is 1.